The Hall–Kier alpha value is -3.39. The summed E-state index contributed by atoms with van der Waals surface area (Å²) in [6.45, 7) is 3.79. The number of rotatable bonds is 5. The summed E-state index contributed by atoms with van der Waals surface area (Å²) in [6.07, 6.45) is 3.12. The summed E-state index contributed by atoms with van der Waals surface area (Å²) in [4.78, 5) is 30.4. The Kier molecular flexibility index (Phi) is 5.18. The second kappa shape index (κ2) is 7.92. The molecule has 7 nitrogen and oxygen atoms in total. The number of hydrogen-bond acceptors (Lipinski definition) is 5. The number of anilines is 1. The highest BCUT2D eigenvalue weighted by atomic mass is 32.2. The van der Waals surface area contributed by atoms with Gasteiger partial charge in [-0.15, -0.1) is 5.10 Å². The average molecular weight is 405 g/mol. The monoisotopic (exact) mass is 405 g/mol. The molecule has 2 aromatic heterocycles. The summed E-state index contributed by atoms with van der Waals surface area (Å²) in [7, 11) is 0. The molecule has 0 aliphatic heterocycles. The highest BCUT2D eigenvalue weighted by Gasteiger charge is 2.15. The van der Waals surface area contributed by atoms with Crippen molar-refractivity contribution in [1.29, 1.82) is 0 Å². The van der Waals surface area contributed by atoms with E-state index in [2.05, 4.69) is 15.4 Å². The SMILES string of the molecule is Cc1cccc(NC(=O)Cn2nc3c(Sc4cccc(C)c4)nccn3c2=O)c1. The average Bonchev–Trinajstić information content (AvgIpc) is 2.99. The van der Waals surface area contributed by atoms with Crippen LogP contribution in [0.1, 0.15) is 11.1 Å². The Labute approximate surface area is 171 Å². The van der Waals surface area contributed by atoms with Gasteiger partial charge in [0, 0.05) is 23.0 Å². The van der Waals surface area contributed by atoms with Crippen LogP contribution in [0.5, 0.6) is 0 Å². The van der Waals surface area contributed by atoms with Crippen molar-refractivity contribution < 1.29 is 4.79 Å². The van der Waals surface area contributed by atoms with Gasteiger partial charge in [-0.2, -0.15) is 0 Å². The predicted octanol–water partition coefficient (Wildman–Crippen LogP) is 3.30. The quantitative estimate of drug-likeness (QED) is 0.551. The summed E-state index contributed by atoms with van der Waals surface area (Å²) < 4.78 is 2.56. The van der Waals surface area contributed by atoms with Crippen LogP contribution in [0.15, 0.2) is 75.6 Å². The summed E-state index contributed by atoms with van der Waals surface area (Å²) in [6, 6.07) is 15.5. The smallest absolute Gasteiger partial charge is 0.324 e. The van der Waals surface area contributed by atoms with E-state index in [4.69, 9.17) is 0 Å². The van der Waals surface area contributed by atoms with Crippen LogP contribution in [-0.4, -0.2) is 25.1 Å². The largest absolute Gasteiger partial charge is 0.350 e. The van der Waals surface area contributed by atoms with Crippen molar-refractivity contribution in [3.05, 3.63) is 82.5 Å². The Bertz CT molecular complexity index is 1260. The van der Waals surface area contributed by atoms with Crippen molar-refractivity contribution in [3.63, 3.8) is 0 Å². The lowest BCUT2D eigenvalue weighted by molar-refractivity contribution is -0.117. The molecular weight excluding hydrogens is 386 g/mol. The fourth-order valence-electron chi connectivity index (χ4n) is 2.95. The molecule has 0 fully saturated rings. The maximum Gasteiger partial charge on any atom is 0.350 e. The normalized spacial score (nSPS) is 11.0. The molecule has 2 aromatic carbocycles. The number of carbonyl (C=O) groups is 1. The fourth-order valence-corrected chi connectivity index (χ4v) is 3.91. The molecule has 0 aliphatic carbocycles. The van der Waals surface area contributed by atoms with Crippen molar-refractivity contribution in [2.24, 2.45) is 0 Å². The summed E-state index contributed by atoms with van der Waals surface area (Å²) in [5.74, 6) is -0.318. The molecule has 0 aliphatic rings. The zero-order valence-electron chi connectivity index (χ0n) is 16.0. The molecule has 2 heterocycles. The Morgan fingerprint density at radius 2 is 1.86 bits per heavy atom. The molecule has 4 rings (SSSR count). The number of aryl methyl sites for hydroxylation is 2. The minimum Gasteiger partial charge on any atom is -0.324 e. The molecular formula is C21H19N5O2S. The van der Waals surface area contributed by atoms with Gasteiger partial charge in [-0.25, -0.2) is 18.9 Å². The van der Waals surface area contributed by atoms with Crippen molar-refractivity contribution in [1.82, 2.24) is 19.2 Å². The molecule has 0 radical (unpaired) electrons. The van der Waals surface area contributed by atoms with Crippen molar-refractivity contribution in [2.75, 3.05) is 5.32 Å². The van der Waals surface area contributed by atoms with Crippen LogP contribution in [0.2, 0.25) is 0 Å². The molecule has 146 valence electrons. The van der Waals surface area contributed by atoms with Crippen LogP contribution in [0.4, 0.5) is 5.69 Å². The first-order valence-corrected chi connectivity index (χ1v) is 9.86. The molecule has 0 saturated carbocycles. The van der Waals surface area contributed by atoms with Crippen LogP contribution in [0.25, 0.3) is 5.65 Å². The van der Waals surface area contributed by atoms with Gasteiger partial charge in [0.2, 0.25) is 5.91 Å². The zero-order valence-corrected chi connectivity index (χ0v) is 16.8. The zero-order chi connectivity index (χ0) is 20.4. The maximum absolute atomic E-state index is 12.7. The lowest BCUT2D eigenvalue weighted by Crippen LogP contribution is -2.28. The lowest BCUT2D eigenvalue weighted by atomic mass is 10.2. The molecule has 8 heteroatoms. The van der Waals surface area contributed by atoms with Gasteiger partial charge in [0.15, 0.2) is 5.65 Å². The van der Waals surface area contributed by atoms with Gasteiger partial charge in [-0.3, -0.25) is 4.79 Å². The number of nitrogens with zero attached hydrogens (tertiary/aromatic N) is 4. The molecule has 0 saturated heterocycles. The van der Waals surface area contributed by atoms with Crippen LogP contribution >= 0.6 is 11.8 Å². The molecule has 0 atom stereocenters. The Balaban J connectivity index is 1.60. The molecule has 0 unspecified atom stereocenters. The summed E-state index contributed by atoms with van der Waals surface area (Å²) >= 11 is 1.43. The van der Waals surface area contributed by atoms with Crippen LogP contribution in [0, 0.1) is 13.8 Å². The minimum atomic E-state index is -0.382. The van der Waals surface area contributed by atoms with Gasteiger partial charge in [-0.05, 0) is 43.7 Å². The molecule has 4 aromatic rings. The van der Waals surface area contributed by atoms with Gasteiger partial charge in [0.1, 0.15) is 11.6 Å². The number of fused-ring (bicyclic) bond motifs is 1. The van der Waals surface area contributed by atoms with E-state index in [0.29, 0.717) is 16.4 Å². The maximum atomic E-state index is 12.7. The van der Waals surface area contributed by atoms with Crippen LogP contribution < -0.4 is 11.0 Å². The Morgan fingerprint density at radius 1 is 1.10 bits per heavy atom. The number of benzene rings is 2. The fraction of sp³-hybridized carbons (Fsp3) is 0.143. The van der Waals surface area contributed by atoms with E-state index >= 15 is 0 Å². The van der Waals surface area contributed by atoms with E-state index in [9.17, 15) is 9.59 Å². The molecule has 0 bridgehead atoms. The first kappa shape index (κ1) is 18.9. The minimum absolute atomic E-state index is 0.178. The topological polar surface area (TPSA) is 81.3 Å². The highest BCUT2D eigenvalue weighted by molar-refractivity contribution is 7.99. The van der Waals surface area contributed by atoms with Crippen LogP contribution in [-0.2, 0) is 11.3 Å². The number of aromatic nitrogens is 4. The molecule has 1 amide bonds. The van der Waals surface area contributed by atoms with Gasteiger partial charge in [-0.1, -0.05) is 41.6 Å². The van der Waals surface area contributed by atoms with Gasteiger partial charge in [0.05, 0.1) is 0 Å². The van der Waals surface area contributed by atoms with Crippen molar-refractivity contribution >= 4 is 29.0 Å². The van der Waals surface area contributed by atoms with E-state index in [1.54, 1.807) is 18.5 Å². The van der Waals surface area contributed by atoms with Crippen LogP contribution in [0.3, 0.4) is 0 Å². The van der Waals surface area contributed by atoms with E-state index in [1.165, 1.54) is 16.2 Å². The van der Waals surface area contributed by atoms with E-state index in [0.717, 1.165) is 20.7 Å². The van der Waals surface area contributed by atoms with E-state index in [-0.39, 0.29) is 18.1 Å². The highest BCUT2D eigenvalue weighted by Crippen LogP contribution is 2.28. The second-order valence-corrected chi connectivity index (χ2v) is 7.76. The molecule has 29 heavy (non-hydrogen) atoms. The van der Waals surface area contributed by atoms with Gasteiger partial charge < -0.3 is 5.32 Å². The molecule has 1 N–H and O–H groups in total. The lowest BCUT2D eigenvalue weighted by Gasteiger charge is -2.05. The summed E-state index contributed by atoms with van der Waals surface area (Å²) in [5.41, 5.74) is 2.90. The first-order chi connectivity index (χ1) is 14.0. The van der Waals surface area contributed by atoms with Crippen molar-refractivity contribution in [2.45, 2.75) is 30.3 Å². The first-order valence-electron chi connectivity index (χ1n) is 9.05. The second-order valence-electron chi connectivity index (χ2n) is 6.70. The third kappa shape index (κ3) is 4.22. The Morgan fingerprint density at radius 3 is 2.62 bits per heavy atom. The third-order valence-electron chi connectivity index (χ3n) is 4.27. The van der Waals surface area contributed by atoms with E-state index < -0.39 is 0 Å². The number of amides is 1. The van der Waals surface area contributed by atoms with E-state index in [1.807, 2.05) is 56.3 Å². The summed E-state index contributed by atoms with van der Waals surface area (Å²) in [5, 5.41) is 7.75. The number of carbonyl (C=O) groups excluding carboxylic acids is 1. The molecule has 0 spiro atoms. The van der Waals surface area contributed by atoms with Crippen molar-refractivity contribution in [3.8, 4) is 0 Å². The number of nitrogens with one attached hydrogen (secondary N) is 1. The standard InChI is InChI=1S/C21H19N5O2S/c1-14-5-3-7-16(11-14)23-18(27)13-26-21(28)25-10-9-22-20(19(25)24-26)29-17-8-4-6-15(2)12-17/h3-12H,13H2,1-2H3,(H,23,27). The predicted molar refractivity (Wildman–Crippen MR) is 112 cm³/mol. The number of hydrogen-bond donors (Lipinski definition) is 1. The third-order valence-corrected chi connectivity index (χ3v) is 5.24. The van der Waals surface area contributed by atoms with Gasteiger partial charge in [0.25, 0.3) is 0 Å². The van der Waals surface area contributed by atoms with Gasteiger partial charge >= 0.3 is 5.69 Å².